The number of hydrogen-bond acceptors (Lipinski definition) is 7. The summed E-state index contributed by atoms with van der Waals surface area (Å²) in [5, 5.41) is 11.0. The number of ether oxygens (including phenoxy) is 2. The molecule has 0 bridgehead atoms. The third-order valence-corrected chi connectivity index (χ3v) is 6.07. The quantitative estimate of drug-likeness (QED) is 0.631. The first-order chi connectivity index (χ1) is 15.6. The minimum atomic E-state index is -0.184. The van der Waals surface area contributed by atoms with Crippen LogP contribution in [-0.2, 0) is 6.54 Å². The number of pyridine rings is 1. The molecular weight excluding hydrogens is 412 g/mol. The summed E-state index contributed by atoms with van der Waals surface area (Å²) in [5.41, 5.74) is 0.756. The van der Waals surface area contributed by atoms with E-state index < -0.39 is 0 Å². The molecule has 1 unspecified atom stereocenters. The first kappa shape index (κ1) is 22.0. The maximum atomic E-state index is 13.3. The van der Waals surface area contributed by atoms with E-state index in [1.165, 1.54) is 27.1 Å². The number of rotatable bonds is 9. The maximum Gasteiger partial charge on any atom is 0.273 e. The molecule has 1 saturated carbocycles. The smallest absolute Gasteiger partial charge is 0.273 e. The van der Waals surface area contributed by atoms with Gasteiger partial charge in [-0.3, -0.25) is 14.3 Å². The topological polar surface area (TPSA) is 111 Å². The fourth-order valence-electron chi connectivity index (χ4n) is 4.02. The molecule has 0 aromatic carbocycles. The van der Waals surface area contributed by atoms with E-state index in [4.69, 9.17) is 9.47 Å². The normalized spacial score (nSPS) is 18.3. The molecular formula is C22H30N6O4. The molecule has 1 saturated heterocycles. The number of carbonyl (C=O) groups is 2. The Labute approximate surface area is 187 Å². The second-order valence-electron chi connectivity index (χ2n) is 8.37. The van der Waals surface area contributed by atoms with Gasteiger partial charge in [0.25, 0.3) is 11.8 Å². The Morgan fingerprint density at radius 3 is 2.75 bits per heavy atom. The highest BCUT2D eigenvalue weighted by molar-refractivity contribution is 5.96. The highest BCUT2D eigenvalue weighted by Crippen LogP contribution is 2.28. The molecule has 1 aliphatic carbocycles. The van der Waals surface area contributed by atoms with Crippen molar-refractivity contribution in [1.82, 2.24) is 30.2 Å². The van der Waals surface area contributed by atoms with Crippen LogP contribution in [0.25, 0.3) is 0 Å². The van der Waals surface area contributed by atoms with Crippen LogP contribution in [0.3, 0.4) is 0 Å². The molecule has 0 radical (unpaired) electrons. The van der Waals surface area contributed by atoms with E-state index in [1.54, 1.807) is 23.0 Å². The van der Waals surface area contributed by atoms with Crippen molar-refractivity contribution in [3.63, 3.8) is 0 Å². The summed E-state index contributed by atoms with van der Waals surface area (Å²) in [4.78, 5) is 31.6. The number of hydrogen-bond donors (Lipinski definition) is 1. The molecule has 2 aromatic heterocycles. The molecule has 1 aliphatic heterocycles. The number of amides is 2. The Kier molecular flexibility index (Phi) is 6.87. The van der Waals surface area contributed by atoms with E-state index in [0.717, 1.165) is 25.7 Å². The number of aromatic nitrogens is 4. The van der Waals surface area contributed by atoms with Gasteiger partial charge in [-0.2, -0.15) is 4.98 Å². The van der Waals surface area contributed by atoms with E-state index in [2.05, 4.69) is 20.6 Å². The number of methoxy groups -OCH3 is 2. The van der Waals surface area contributed by atoms with Crippen LogP contribution in [0.15, 0.2) is 18.3 Å². The highest BCUT2D eigenvalue weighted by atomic mass is 16.5. The van der Waals surface area contributed by atoms with Gasteiger partial charge in [0.05, 0.1) is 20.4 Å². The summed E-state index contributed by atoms with van der Waals surface area (Å²) in [7, 11) is 3.02. The average molecular weight is 443 g/mol. The second kappa shape index (κ2) is 9.97. The monoisotopic (exact) mass is 442 g/mol. The molecule has 4 rings (SSSR count). The molecule has 0 spiro atoms. The molecule has 2 amide bonds. The Hall–Kier alpha value is -3.17. The number of likely N-dealkylation sites (tertiary alicyclic amines) is 1. The first-order valence-electron chi connectivity index (χ1n) is 11.2. The van der Waals surface area contributed by atoms with Crippen LogP contribution < -0.4 is 14.8 Å². The average Bonchev–Trinajstić information content (AvgIpc) is 3.55. The minimum Gasteiger partial charge on any atom is -0.481 e. The summed E-state index contributed by atoms with van der Waals surface area (Å²) in [6.45, 7) is 1.97. The van der Waals surface area contributed by atoms with Gasteiger partial charge in [0.15, 0.2) is 5.69 Å². The zero-order valence-corrected chi connectivity index (χ0v) is 18.6. The highest BCUT2D eigenvalue weighted by Gasteiger charge is 2.30. The molecule has 10 nitrogen and oxygen atoms in total. The van der Waals surface area contributed by atoms with Crippen LogP contribution in [0.5, 0.6) is 11.8 Å². The largest absolute Gasteiger partial charge is 0.481 e. The molecule has 2 aromatic rings. The van der Waals surface area contributed by atoms with Crippen molar-refractivity contribution in [2.75, 3.05) is 27.3 Å². The lowest BCUT2D eigenvalue weighted by Gasteiger charge is -2.36. The van der Waals surface area contributed by atoms with Crippen molar-refractivity contribution in [1.29, 1.82) is 0 Å². The van der Waals surface area contributed by atoms with E-state index in [1.807, 2.05) is 4.90 Å². The van der Waals surface area contributed by atoms with Crippen molar-refractivity contribution >= 4 is 11.8 Å². The van der Waals surface area contributed by atoms with Crippen molar-refractivity contribution in [3.8, 4) is 11.8 Å². The summed E-state index contributed by atoms with van der Waals surface area (Å²) >= 11 is 0. The summed E-state index contributed by atoms with van der Waals surface area (Å²) in [6.07, 6.45) is 7.71. The number of nitrogens with zero attached hydrogens (tertiary/aromatic N) is 5. The fraction of sp³-hybridized carbons (Fsp3) is 0.591. The van der Waals surface area contributed by atoms with Crippen LogP contribution in [0, 0.1) is 5.92 Å². The van der Waals surface area contributed by atoms with Gasteiger partial charge in [0.2, 0.25) is 11.8 Å². The lowest BCUT2D eigenvalue weighted by molar-refractivity contribution is 0.0589. The molecule has 2 fully saturated rings. The van der Waals surface area contributed by atoms with Crippen LogP contribution in [0.1, 0.15) is 59.4 Å². The SMILES string of the molecule is COc1ccc(C(=O)N2CCCCC2CCn2cc(C(=O)NCC3CC3)nn2)c(OC)n1. The molecule has 3 heterocycles. The van der Waals surface area contributed by atoms with Crippen molar-refractivity contribution in [3.05, 3.63) is 29.6 Å². The zero-order valence-electron chi connectivity index (χ0n) is 18.6. The summed E-state index contributed by atoms with van der Waals surface area (Å²) < 4.78 is 12.1. The van der Waals surface area contributed by atoms with E-state index in [9.17, 15) is 9.59 Å². The van der Waals surface area contributed by atoms with Crippen molar-refractivity contribution in [2.24, 2.45) is 5.92 Å². The van der Waals surface area contributed by atoms with Crippen LogP contribution >= 0.6 is 0 Å². The Bertz CT molecular complexity index is 958. The minimum absolute atomic E-state index is 0.0689. The number of aryl methyl sites for hydroxylation is 1. The molecule has 2 aliphatic rings. The molecule has 10 heteroatoms. The van der Waals surface area contributed by atoms with E-state index in [-0.39, 0.29) is 23.7 Å². The Morgan fingerprint density at radius 2 is 2.00 bits per heavy atom. The lowest BCUT2D eigenvalue weighted by Crippen LogP contribution is -2.44. The van der Waals surface area contributed by atoms with Gasteiger partial charge in [-0.15, -0.1) is 5.10 Å². The van der Waals surface area contributed by atoms with Gasteiger partial charge in [-0.05, 0) is 50.5 Å². The number of piperidine rings is 1. The van der Waals surface area contributed by atoms with Gasteiger partial charge < -0.3 is 19.7 Å². The van der Waals surface area contributed by atoms with Gasteiger partial charge >= 0.3 is 0 Å². The van der Waals surface area contributed by atoms with Gasteiger partial charge in [0, 0.05) is 31.7 Å². The summed E-state index contributed by atoms with van der Waals surface area (Å²) in [5.74, 6) is 0.994. The van der Waals surface area contributed by atoms with Crippen LogP contribution in [0.4, 0.5) is 0 Å². The third-order valence-electron chi connectivity index (χ3n) is 6.07. The van der Waals surface area contributed by atoms with Gasteiger partial charge in [-0.1, -0.05) is 5.21 Å². The van der Waals surface area contributed by atoms with E-state index in [0.29, 0.717) is 42.7 Å². The third kappa shape index (κ3) is 5.17. The number of carbonyl (C=O) groups excluding carboxylic acids is 2. The van der Waals surface area contributed by atoms with Crippen molar-refractivity contribution < 1.29 is 19.1 Å². The standard InChI is InChI=1S/C22H30N6O4/c1-31-19-9-8-17(21(24-19)32-2)22(30)28-11-4-3-5-16(28)10-12-27-14-18(25-26-27)20(29)23-13-15-6-7-15/h8-9,14-16H,3-7,10-13H2,1-2H3,(H,23,29). The Morgan fingerprint density at radius 1 is 1.16 bits per heavy atom. The van der Waals surface area contributed by atoms with Gasteiger partial charge in [-0.25, -0.2) is 0 Å². The number of nitrogens with one attached hydrogen (secondary N) is 1. The fourth-order valence-corrected chi connectivity index (χ4v) is 4.02. The van der Waals surface area contributed by atoms with Gasteiger partial charge in [0.1, 0.15) is 5.56 Å². The predicted octanol–water partition coefficient (Wildman–Crippen LogP) is 1.92. The molecule has 1 N–H and O–H groups in total. The summed E-state index contributed by atoms with van der Waals surface area (Å²) in [6, 6.07) is 3.43. The molecule has 172 valence electrons. The lowest BCUT2D eigenvalue weighted by atomic mass is 9.98. The van der Waals surface area contributed by atoms with Crippen molar-refractivity contribution in [2.45, 2.75) is 51.1 Å². The van der Waals surface area contributed by atoms with Crippen LogP contribution in [0.2, 0.25) is 0 Å². The predicted molar refractivity (Wildman–Crippen MR) is 116 cm³/mol. The molecule has 32 heavy (non-hydrogen) atoms. The van der Waals surface area contributed by atoms with E-state index >= 15 is 0 Å². The maximum absolute atomic E-state index is 13.3. The second-order valence-corrected chi connectivity index (χ2v) is 8.37. The first-order valence-corrected chi connectivity index (χ1v) is 11.2. The van der Waals surface area contributed by atoms with Crippen LogP contribution in [-0.4, -0.2) is 70.0 Å². The Balaban J connectivity index is 1.38. The zero-order chi connectivity index (χ0) is 22.5. The molecule has 1 atom stereocenters.